The minimum atomic E-state index is -0.911. The number of nitrogens with two attached hydrogens (primary N) is 1. The molecule has 0 aliphatic heterocycles. The molecule has 0 bridgehead atoms. The summed E-state index contributed by atoms with van der Waals surface area (Å²) < 4.78 is 4.08. The molecule has 0 saturated carbocycles. The summed E-state index contributed by atoms with van der Waals surface area (Å²) in [6.07, 6.45) is 5.72. The fourth-order valence-electron chi connectivity index (χ4n) is 4.44. The third-order valence-corrected chi connectivity index (χ3v) is 6.59. The van der Waals surface area contributed by atoms with Crippen molar-refractivity contribution >= 4 is 34.1 Å². The van der Waals surface area contributed by atoms with Crippen molar-refractivity contribution in [3.8, 4) is 11.1 Å². The Bertz CT molecular complexity index is 1430. The standard InChI is InChI=1S/C26H22Cl2N4/c1-31-15-23(17-4-3-5-21(28)12-17)22-13-19(8-11-24(22)31)26(29,25-14-30-16-32(25)2)18-6-9-20(27)10-7-18/h3-16H,29H2,1-2H3. The van der Waals surface area contributed by atoms with Crippen LogP contribution in [-0.4, -0.2) is 14.1 Å². The Labute approximate surface area is 196 Å². The summed E-state index contributed by atoms with van der Waals surface area (Å²) in [5.41, 5.74) is 12.4. The number of benzene rings is 3. The van der Waals surface area contributed by atoms with Gasteiger partial charge in [-0.3, -0.25) is 0 Å². The van der Waals surface area contributed by atoms with Crippen LogP contribution in [0.3, 0.4) is 0 Å². The number of fused-ring (bicyclic) bond motifs is 1. The fraction of sp³-hybridized carbons (Fsp3) is 0.115. The van der Waals surface area contributed by atoms with Gasteiger partial charge in [-0.15, -0.1) is 0 Å². The molecule has 0 amide bonds. The normalized spacial score (nSPS) is 13.4. The molecule has 0 fully saturated rings. The summed E-state index contributed by atoms with van der Waals surface area (Å²) in [7, 11) is 4.00. The lowest BCUT2D eigenvalue weighted by Gasteiger charge is -2.31. The number of rotatable bonds is 4. The molecule has 0 radical (unpaired) electrons. The molecule has 3 aromatic carbocycles. The third-order valence-electron chi connectivity index (χ3n) is 6.10. The molecule has 2 N–H and O–H groups in total. The Kier molecular flexibility index (Phi) is 5.09. The number of imidazole rings is 1. The van der Waals surface area contributed by atoms with Crippen LogP contribution in [0.15, 0.2) is 85.5 Å². The molecule has 0 aliphatic rings. The molecule has 4 nitrogen and oxygen atoms in total. The van der Waals surface area contributed by atoms with Gasteiger partial charge in [0, 0.05) is 46.8 Å². The molecule has 0 aliphatic carbocycles. The highest BCUT2D eigenvalue weighted by Gasteiger charge is 2.35. The predicted molar refractivity (Wildman–Crippen MR) is 132 cm³/mol. The minimum Gasteiger partial charge on any atom is -0.350 e. The number of hydrogen-bond acceptors (Lipinski definition) is 2. The molecule has 2 heterocycles. The number of halogens is 2. The Hall–Kier alpha value is -3.05. The van der Waals surface area contributed by atoms with E-state index in [1.54, 1.807) is 6.33 Å². The van der Waals surface area contributed by atoms with E-state index in [1.807, 2.05) is 67.3 Å². The second-order valence-corrected chi connectivity index (χ2v) is 8.97. The lowest BCUT2D eigenvalue weighted by atomic mass is 9.80. The van der Waals surface area contributed by atoms with Gasteiger partial charge in [-0.25, -0.2) is 4.98 Å². The van der Waals surface area contributed by atoms with Gasteiger partial charge in [0.05, 0.1) is 18.2 Å². The molecule has 1 unspecified atom stereocenters. The summed E-state index contributed by atoms with van der Waals surface area (Å²) in [5, 5.41) is 2.49. The van der Waals surface area contributed by atoms with Gasteiger partial charge in [-0.1, -0.05) is 53.5 Å². The molecular formula is C26H22Cl2N4. The zero-order valence-corrected chi connectivity index (χ0v) is 19.3. The van der Waals surface area contributed by atoms with Gasteiger partial charge in [0.15, 0.2) is 0 Å². The van der Waals surface area contributed by atoms with Crippen LogP contribution in [0.2, 0.25) is 10.0 Å². The zero-order valence-electron chi connectivity index (χ0n) is 17.8. The Balaban J connectivity index is 1.78. The van der Waals surface area contributed by atoms with Crippen LogP contribution in [0.1, 0.15) is 16.8 Å². The van der Waals surface area contributed by atoms with Gasteiger partial charge in [0.2, 0.25) is 0 Å². The Morgan fingerprint density at radius 3 is 2.28 bits per heavy atom. The SMILES string of the molecule is Cn1cncc1C(N)(c1ccc(Cl)cc1)c1ccc2c(c1)c(-c1cccc(Cl)c1)cn2C. The lowest BCUT2D eigenvalue weighted by Crippen LogP contribution is -2.40. The first-order chi connectivity index (χ1) is 15.4. The van der Waals surface area contributed by atoms with Crippen LogP contribution in [-0.2, 0) is 19.6 Å². The van der Waals surface area contributed by atoms with Gasteiger partial charge in [-0.2, -0.15) is 0 Å². The van der Waals surface area contributed by atoms with Crippen LogP contribution < -0.4 is 5.73 Å². The van der Waals surface area contributed by atoms with Crippen LogP contribution in [0.25, 0.3) is 22.0 Å². The summed E-state index contributed by atoms with van der Waals surface area (Å²) >= 11 is 12.5. The van der Waals surface area contributed by atoms with Crippen molar-refractivity contribution < 1.29 is 0 Å². The van der Waals surface area contributed by atoms with Crippen molar-refractivity contribution in [3.05, 3.63) is 112 Å². The Morgan fingerprint density at radius 1 is 0.844 bits per heavy atom. The van der Waals surface area contributed by atoms with Crippen LogP contribution in [0.4, 0.5) is 0 Å². The van der Waals surface area contributed by atoms with Crippen LogP contribution in [0.5, 0.6) is 0 Å². The lowest BCUT2D eigenvalue weighted by molar-refractivity contribution is 0.596. The van der Waals surface area contributed by atoms with E-state index in [-0.39, 0.29) is 0 Å². The first-order valence-electron chi connectivity index (χ1n) is 10.2. The monoisotopic (exact) mass is 460 g/mol. The van der Waals surface area contributed by atoms with Gasteiger partial charge in [-0.05, 0) is 53.1 Å². The molecule has 32 heavy (non-hydrogen) atoms. The largest absolute Gasteiger partial charge is 0.350 e. The average molecular weight is 461 g/mol. The maximum Gasteiger partial charge on any atom is 0.109 e. The van der Waals surface area contributed by atoms with E-state index in [4.69, 9.17) is 28.9 Å². The van der Waals surface area contributed by atoms with Gasteiger partial charge >= 0.3 is 0 Å². The van der Waals surface area contributed by atoms with E-state index < -0.39 is 5.54 Å². The van der Waals surface area contributed by atoms with Crippen molar-refractivity contribution in [2.45, 2.75) is 5.54 Å². The van der Waals surface area contributed by atoms with Crippen molar-refractivity contribution in [1.29, 1.82) is 0 Å². The summed E-state index contributed by atoms with van der Waals surface area (Å²) in [6, 6.07) is 22.0. The molecule has 1 atom stereocenters. The van der Waals surface area contributed by atoms with E-state index in [2.05, 4.69) is 40.0 Å². The van der Waals surface area contributed by atoms with Gasteiger partial charge in [0.1, 0.15) is 5.54 Å². The maximum absolute atomic E-state index is 7.24. The number of nitrogens with zero attached hydrogens (tertiary/aromatic N) is 3. The number of aryl methyl sites for hydroxylation is 2. The highest BCUT2D eigenvalue weighted by Crippen LogP contribution is 2.38. The summed E-state index contributed by atoms with van der Waals surface area (Å²) in [4.78, 5) is 4.34. The van der Waals surface area contributed by atoms with E-state index in [0.717, 1.165) is 38.9 Å². The second kappa shape index (κ2) is 7.82. The molecule has 6 heteroatoms. The zero-order chi connectivity index (χ0) is 22.5. The van der Waals surface area contributed by atoms with Crippen molar-refractivity contribution in [2.75, 3.05) is 0 Å². The number of hydrogen-bond donors (Lipinski definition) is 1. The smallest absolute Gasteiger partial charge is 0.109 e. The van der Waals surface area contributed by atoms with Crippen molar-refractivity contribution in [1.82, 2.24) is 14.1 Å². The third kappa shape index (κ3) is 3.32. The van der Waals surface area contributed by atoms with Crippen LogP contribution >= 0.6 is 23.2 Å². The second-order valence-electron chi connectivity index (χ2n) is 8.10. The fourth-order valence-corrected chi connectivity index (χ4v) is 4.75. The van der Waals surface area contributed by atoms with Crippen molar-refractivity contribution in [2.24, 2.45) is 19.8 Å². The van der Waals surface area contributed by atoms with Crippen molar-refractivity contribution in [3.63, 3.8) is 0 Å². The molecule has 0 spiro atoms. The van der Waals surface area contributed by atoms with E-state index in [9.17, 15) is 0 Å². The first kappa shape index (κ1) is 20.8. The quantitative estimate of drug-likeness (QED) is 0.350. The molecule has 160 valence electrons. The van der Waals surface area contributed by atoms with E-state index >= 15 is 0 Å². The van der Waals surface area contributed by atoms with Gasteiger partial charge < -0.3 is 14.9 Å². The molecule has 0 saturated heterocycles. The summed E-state index contributed by atoms with van der Waals surface area (Å²) in [6.45, 7) is 0. The van der Waals surface area contributed by atoms with E-state index in [1.165, 1.54) is 0 Å². The average Bonchev–Trinajstić information content (AvgIpc) is 3.37. The maximum atomic E-state index is 7.24. The highest BCUT2D eigenvalue weighted by atomic mass is 35.5. The molecule has 5 rings (SSSR count). The summed E-state index contributed by atoms with van der Waals surface area (Å²) in [5.74, 6) is 0. The first-order valence-corrected chi connectivity index (χ1v) is 11.0. The van der Waals surface area contributed by atoms with Crippen LogP contribution in [0, 0.1) is 0 Å². The molecule has 2 aromatic heterocycles. The predicted octanol–water partition coefficient (Wildman–Crippen LogP) is 6.14. The van der Waals surface area contributed by atoms with E-state index in [0.29, 0.717) is 10.0 Å². The molecular weight excluding hydrogens is 439 g/mol. The number of aromatic nitrogens is 3. The minimum absolute atomic E-state index is 0.669. The molecule has 5 aromatic rings. The highest BCUT2D eigenvalue weighted by molar-refractivity contribution is 6.31. The topological polar surface area (TPSA) is 48.8 Å². The van der Waals surface area contributed by atoms with Gasteiger partial charge in [0.25, 0.3) is 0 Å². The Morgan fingerprint density at radius 2 is 1.59 bits per heavy atom.